The van der Waals surface area contributed by atoms with E-state index in [2.05, 4.69) is 31.0 Å². The number of pyridine rings is 1. The van der Waals surface area contributed by atoms with Crippen molar-refractivity contribution in [1.82, 2.24) is 20.0 Å². The topological polar surface area (TPSA) is 58.3 Å². The monoisotopic (exact) mass is 345 g/mol. The van der Waals surface area contributed by atoms with Crippen molar-refractivity contribution in [3.63, 3.8) is 0 Å². The van der Waals surface area contributed by atoms with Gasteiger partial charge in [0.1, 0.15) is 5.82 Å². The van der Waals surface area contributed by atoms with Crippen LogP contribution in [0.2, 0.25) is 0 Å². The predicted octanol–water partition coefficient (Wildman–Crippen LogP) is 2.67. The summed E-state index contributed by atoms with van der Waals surface area (Å²) in [6.07, 6.45) is 5.70. The van der Waals surface area contributed by atoms with Crippen molar-refractivity contribution in [1.29, 1.82) is 0 Å². The van der Waals surface area contributed by atoms with Gasteiger partial charge in [-0.15, -0.1) is 0 Å². The SMILES string of the molecule is c1cc(N2CCCCC2)ncc1-c1noc(CN2CCSCC2)n1. The van der Waals surface area contributed by atoms with Gasteiger partial charge in [-0.1, -0.05) is 5.16 Å². The molecule has 2 saturated heterocycles. The van der Waals surface area contributed by atoms with E-state index in [-0.39, 0.29) is 0 Å². The highest BCUT2D eigenvalue weighted by atomic mass is 32.2. The van der Waals surface area contributed by atoms with Crippen LogP contribution in [0.4, 0.5) is 5.82 Å². The second-order valence-corrected chi connectivity index (χ2v) is 7.58. The van der Waals surface area contributed by atoms with Gasteiger partial charge in [0.15, 0.2) is 0 Å². The summed E-state index contributed by atoms with van der Waals surface area (Å²) < 4.78 is 5.42. The standard InChI is InChI=1S/C17H23N5OS/c1-2-6-22(7-3-1)15-5-4-14(12-18-15)17-19-16(23-20-17)13-21-8-10-24-11-9-21/h4-5,12H,1-3,6-11,13H2. The molecule has 128 valence electrons. The number of hydrogen-bond acceptors (Lipinski definition) is 7. The first kappa shape index (κ1) is 15.9. The van der Waals surface area contributed by atoms with Crippen molar-refractivity contribution in [2.45, 2.75) is 25.8 Å². The molecule has 24 heavy (non-hydrogen) atoms. The number of nitrogens with zero attached hydrogens (tertiary/aromatic N) is 5. The maximum atomic E-state index is 5.42. The lowest BCUT2D eigenvalue weighted by Crippen LogP contribution is -2.32. The molecule has 0 radical (unpaired) electrons. The molecule has 0 amide bonds. The van der Waals surface area contributed by atoms with Crippen LogP contribution >= 0.6 is 11.8 Å². The smallest absolute Gasteiger partial charge is 0.241 e. The Morgan fingerprint density at radius 3 is 2.62 bits per heavy atom. The van der Waals surface area contributed by atoms with Crippen molar-refractivity contribution in [3.05, 3.63) is 24.2 Å². The van der Waals surface area contributed by atoms with Crippen LogP contribution in [-0.4, -0.2) is 57.7 Å². The summed E-state index contributed by atoms with van der Waals surface area (Å²) in [5.74, 6) is 4.74. The van der Waals surface area contributed by atoms with E-state index in [0.29, 0.717) is 11.7 Å². The van der Waals surface area contributed by atoms with Gasteiger partial charge in [0.2, 0.25) is 11.7 Å². The van der Waals surface area contributed by atoms with Crippen LogP contribution in [0, 0.1) is 0 Å². The molecular formula is C17H23N5OS. The Morgan fingerprint density at radius 1 is 1.04 bits per heavy atom. The fraction of sp³-hybridized carbons (Fsp3) is 0.588. The summed E-state index contributed by atoms with van der Waals surface area (Å²) in [4.78, 5) is 13.8. The van der Waals surface area contributed by atoms with Gasteiger partial charge >= 0.3 is 0 Å². The quantitative estimate of drug-likeness (QED) is 0.844. The predicted molar refractivity (Wildman–Crippen MR) is 96.2 cm³/mol. The van der Waals surface area contributed by atoms with Crippen LogP contribution in [0.3, 0.4) is 0 Å². The van der Waals surface area contributed by atoms with E-state index in [0.717, 1.165) is 44.1 Å². The molecule has 7 heteroatoms. The highest BCUT2D eigenvalue weighted by molar-refractivity contribution is 7.99. The van der Waals surface area contributed by atoms with Crippen LogP contribution in [-0.2, 0) is 6.54 Å². The molecule has 6 nitrogen and oxygen atoms in total. The largest absolute Gasteiger partial charge is 0.357 e. The van der Waals surface area contributed by atoms with E-state index in [9.17, 15) is 0 Å². The van der Waals surface area contributed by atoms with Crippen molar-refractivity contribution >= 4 is 17.6 Å². The third-order valence-electron chi connectivity index (χ3n) is 4.62. The lowest BCUT2D eigenvalue weighted by Gasteiger charge is -2.27. The molecule has 2 aliphatic rings. The summed E-state index contributed by atoms with van der Waals surface area (Å²) in [5.41, 5.74) is 0.917. The molecule has 0 atom stereocenters. The Morgan fingerprint density at radius 2 is 1.88 bits per heavy atom. The molecule has 2 aromatic heterocycles. The highest BCUT2D eigenvalue weighted by Gasteiger charge is 2.16. The first-order valence-electron chi connectivity index (χ1n) is 8.72. The van der Waals surface area contributed by atoms with Gasteiger partial charge in [-0.25, -0.2) is 4.98 Å². The summed E-state index contributed by atoms with van der Waals surface area (Å²) in [6.45, 7) is 5.13. The van der Waals surface area contributed by atoms with E-state index < -0.39 is 0 Å². The number of piperidine rings is 1. The van der Waals surface area contributed by atoms with Gasteiger partial charge in [-0.05, 0) is 31.4 Å². The van der Waals surface area contributed by atoms with Crippen LogP contribution in [0.25, 0.3) is 11.4 Å². The molecule has 0 N–H and O–H groups in total. The van der Waals surface area contributed by atoms with Gasteiger partial charge in [0, 0.05) is 49.4 Å². The summed E-state index contributed by atoms with van der Waals surface area (Å²) in [7, 11) is 0. The van der Waals surface area contributed by atoms with E-state index in [4.69, 9.17) is 4.52 Å². The zero-order valence-electron chi connectivity index (χ0n) is 13.9. The zero-order chi connectivity index (χ0) is 16.2. The molecular weight excluding hydrogens is 322 g/mol. The minimum absolute atomic E-state index is 0.633. The zero-order valence-corrected chi connectivity index (χ0v) is 14.7. The lowest BCUT2D eigenvalue weighted by molar-refractivity contribution is 0.245. The van der Waals surface area contributed by atoms with Crippen molar-refractivity contribution in [3.8, 4) is 11.4 Å². The van der Waals surface area contributed by atoms with Crippen molar-refractivity contribution < 1.29 is 4.52 Å². The Hall–Kier alpha value is -1.60. The number of anilines is 1. The average molecular weight is 345 g/mol. The van der Waals surface area contributed by atoms with Gasteiger partial charge < -0.3 is 9.42 Å². The molecule has 0 aromatic carbocycles. The Kier molecular flexibility index (Phi) is 4.99. The third kappa shape index (κ3) is 3.72. The van der Waals surface area contributed by atoms with E-state index in [1.165, 1.54) is 30.8 Å². The fourth-order valence-corrected chi connectivity index (χ4v) is 4.19. The number of aromatic nitrogens is 3. The lowest BCUT2D eigenvalue weighted by atomic mass is 10.1. The first-order chi connectivity index (χ1) is 11.9. The maximum Gasteiger partial charge on any atom is 0.241 e. The highest BCUT2D eigenvalue weighted by Crippen LogP contribution is 2.21. The molecule has 2 fully saturated rings. The third-order valence-corrected chi connectivity index (χ3v) is 5.56. The second-order valence-electron chi connectivity index (χ2n) is 6.35. The fourth-order valence-electron chi connectivity index (χ4n) is 3.22. The number of hydrogen-bond donors (Lipinski definition) is 0. The molecule has 4 heterocycles. The molecule has 0 unspecified atom stereocenters. The van der Waals surface area contributed by atoms with Gasteiger partial charge in [0.25, 0.3) is 0 Å². The first-order valence-corrected chi connectivity index (χ1v) is 9.88. The molecule has 0 saturated carbocycles. The van der Waals surface area contributed by atoms with Crippen LogP contribution in [0.5, 0.6) is 0 Å². The van der Waals surface area contributed by atoms with E-state index in [1.54, 1.807) is 0 Å². The Balaban J connectivity index is 1.42. The molecule has 0 spiro atoms. The molecule has 2 aliphatic heterocycles. The van der Waals surface area contributed by atoms with Gasteiger partial charge in [0.05, 0.1) is 6.54 Å². The maximum absolute atomic E-state index is 5.42. The normalized spacial score (nSPS) is 19.6. The van der Waals surface area contributed by atoms with Crippen molar-refractivity contribution in [2.24, 2.45) is 0 Å². The van der Waals surface area contributed by atoms with Crippen LogP contribution < -0.4 is 4.90 Å². The number of thioether (sulfide) groups is 1. The van der Waals surface area contributed by atoms with Crippen LogP contribution in [0.1, 0.15) is 25.2 Å². The molecule has 0 bridgehead atoms. The summed E-state index contributed by atoms with van der Waals surface area (Å²) in [6, 6.07) is 4.11. The van der Waals surface area contributed by atoms with Crippen LogP contribution in [0.15, 0.2) is 22.9 Å². The number of rotatable bonds is 4. The minimum Gasteiger partial charge on any atom is -0.357 e. The van der Waals surface area contributed by atoms with Crippen molar-refractivity contribution in [2.75, 3.05) is 42.6 Å². The molecule has 0 aliphatic carbocycles. The van der Waals surface area contributed by atoms with Gasteiger partial charge in [-0.3, -0.25) is 4.90 Å². The molecule has 4 rings (SSSR count). The second kappa shape index (κ2) is 7.53. The van der Waals surface area contributed by atoms with Gasteiger partial charge in [-0.2, -0.15) is 16.7 Å². The van der Waals surface area contributed by atoms with E-state index >= 15 is 0 Å². The minimum atomic E-state index is 0.633. The summed E-state index contributed by atoms with van der Waals surface area (Å²) in [5, 5.41) is 4.12. The average Bonchev–Trinajstić information content (AvgIpc) is 3.12. The van der Waals surface area contributed by atoms with E-state index in [1.807, 2.05) is 24.0 Å². The Labute approximate surface area is 146 Å². The Bertz CT molecular complexity index is 647. The molecule has 2 aromatic rings. The summed E-state index contributed by atoms with van der Waals surface area (Å²) >= 11 is 2.00.